The predicted octanol–water partition coefficient (Wildman–Crippen LogP) is 2.24. The smallest absolute Gasteiger partial charge is 0.324 e. The fraction of sp³-hybridized carbons (Fsp3) is 0.700. The molecule has 2 rings (SSSR count). The Morgan fingerprint density at radius 2 is 1.88 bits per heavy atom. The molecule has 0 spiro atoms. The van der Waals surface area contributed by atoms with Gasteiger partial charge in [0, 0.05) is 0 Å². The Labute approximate surface area is 99.2 Å². The number of hydrogen-bond donors (Lipinski definition) is 0. The molecule has 0 aromatic carbocycles. The fourth-order valence-corrected chi connectivity index (χ4v) is 1.41. The Balaban J connectivity index is 2.08. The van der Waals surface area contributed by atoms with Gasteiger partial charge in [0.25, 0.3) is 0 Å². The lowest BCUT2D eigenvalue weighted by atomic mass is 9.96. The van der Waals surface area contributed by atoms with E-state index in [1.165, 1.54) is 6.42 Å². The number of halogens is 1. The molecule has 1 heterocycles. The summed E-state index contributed by atoms with van der Waals surface area (Å²) in [5, 5.41) is 0.0972. The van der Waals surface area contributed by atoms with Gasteiger partial charge in [-0.25, -0.2) is 0 Å². The molecular formula is C10H14ClN3O2. The monoisotopic (exact) mass is 243 g/mol. The maximum Gasteiger partial charge on any atom is 0.324 e. The molecule has 0 radical (unpaired) electrons. The average molecular weight is 244 g/mol. The molecule has 16 heavy (non-hydrogen) atoms. The second kappa shape index (κ2) is 4.82. The first kappa shape index (κ1) is 11.4. The van der Waals surface area contributed by atoms with Crippen LogP contribution in [0.4, 0.5) is 0 Å². The minimum atomic E-state index is -0.00461. The van der Waals surface area contributed by atoms with E-state index in [1.807, 2.05) is 13.8 Å². The highest BCUT2D eigenvalue weighted by Crippen LogP contribution is 2.24. The topological polar surface area (TPSA) is 57.1 Å². The highest BCUT2D eigenvalue weighted by atomic mass is 35.5. The van der Waals surface area contributed by atoms with Crippen molar-refractivity contribution >= 4 is 11.6 Å². The standard InChI is InChI=1S/C10H14ClN3O2/c1-6(2)15-9-12-8(11)13-10(14-9)16-7-4-3-5-7/h6-7H,3-5H2,1-2H3. The molecule has 0 aliphatic heterocycles. The molecule has 1 aromatic heterocycles. The zero-order valence-corrected chi connectivity index (χ0v) is 10.1. The second-order valence-electron chi connectivity index (χ2n) is 4.01. The molecule has 0 bridgehead atoms. The molecular weight excluding hydrogens is 230 g/mol. The van der Waals surface area contributed by atoms with Crippen molar-refractivity contribution in [1.82, 2.24) is 15.0 Å². The van der Waals surface area contributed by atoms with Crippen molar-refractivity contribution in [2.24, 2.45) is 0 Å². The van der Waals surface area contributed by atoms with Gasteiger partial charge in [-0.15, -0.1) is 4.98 Å². The summed E-state index contributed by atoms with van der Waals surface area (Å²) < 4.78 is 10.9. The summed E-state index contributed by atoms with van der Waals surface area (Å²) >= 11 is 5.76. The summed E-state index contributed by atoms with van der Waals surface area (Å²) in [6.07, 6.45) is 3.49. The van der Waals surface area contributed by atoms with E-state index in [-0.39, 0.29) is 29.5 Å². The Kier molecular flexibility index (Phi) is 3.43. The van der Waals surface area contributed by atoms with Crippen molar-refractivity contribution in [3.8, 4) is 12.0 Å². The molecule has 1 aromatic rings. The Bertz CT molecular complexity index is 369. The van der Waals surface area contributed by atoms with Crippen molar-refractivity contribution in [1.29, 1.82) is 0 Å². The lowest BCUT2D eigenvalue weighted by Gasteiger charge is -2.24. The molecule has 1 fully saturated rings. The molecule has 0 amide bonds. The van der Waals surface area contributed by atoms with Crippen LogP contribution in [0.15, 0.2) is 0 Å². The SMILES string of the molecule is CC(C)Oc1nc(Cl)nc(OC2CCC2)n1. The molecule has 0 saturated heterocycles. The summed E-state index contributed by atoms with van der Waals surface area (Å²) in [7, 11) is 0. The third-order valence-corrected chi connectivity index (χ3v) is 2.40. The molecule has 0 unspecified atom stereocenters. The van der Waals surface area contributed by atoms with Gasteiger partial charge in [-0.05, 0) is 44.7 Å². The quantitative estimate of drug-likeness (QED) is 0.812. The van der Waals surface area contributed by atoms with Crippen LogP contribution in [-0.2, 0) is 0 Å². The van der Waals surface area contributed by atoms with Crippen LogP contribution in [0.3, 0.4) is 0 Å². The summed E-state index contributed by atoms with van der Waals surface area (Å²) in [6.45, 7) is 3.79. The zero-order valence-electron chi connectivity index (χ0n) is 9.31. The van der Waals surface area contributed by atoms with Crippen LogP contribution in [0.1, 0.15) is 33.1 Å². The van der Waals surface area contributed by atoms with Crippen molar-refractivity contribution in [3.63, 3.8) is 0 Å². The normalized spacial score (nSPS) is 16.0. The highest BCUT2D eigenvalue weighted by molar-refractivity contribution is 6.28. The molecule has 0 N–H and O–H groups in total. The van der Waals surface area contributed by atoms with E-state index in [2.05, 4.69) is 15.0 Å². The van der Waals surface area contributed by atoms with E-state index in [0.29, 0.717) is 0 Å². The number of rotatable bonds is 4. The number of nitrogens with zero attached hydrogens (tertiary/aromatic N) is 3. The molecule has 1 saturated carbocycles. The lowest BCUT2D eigenvalue weighted by molar-refractivity contribution is 0.105. The van der Waals surface area contributed by atoms with Gasteiger partial charge >= 0.3 is 12.0 Å². The predicted molar refractivity (Wildman–Crippen MR) is 58.9 cm³/mol. The number of aromatic nitrogens is 3. The second-order valence-corrected chi connectivity index (χ2v) is 4.35. The van der Waals surface area contributed by atoms with E-state index in [1.54, 1.807) is 0 Å². The Morgan fingerprint density at radius 3 is 2.44 bits per heavy atom. The van der Waals surface area contributed by atoms with Crippen LogP contribution in [-0.4, -0.2) is 27.2 Å². The summed E-state index contributed by atoms with van der Waals surface area (Å²) in [5.41, 5.74) is 0. The Morgan fingerprint density at radius 1 is 1.19 bits per heavy atom. The number of ether oxygens (including phenoxy) is 2. The van der Waals surface area contributed by atoms with Crippen LogP contribution < -0.4 is 9.47 Å². The third-order valence-electron chi connectivity index (χ3n) is 2.23. The van der Waals surface area contributed by atoms with Crippen molar-refractivity contribution < 1.29 is 9.47 Å². The van der Waals surface area contributed by atoms with Gasteiger partial charge in [0.15, 0.2) is 0 Å². The molecule has 5 nitrogen and oxygen atoms in total. The van der Waals surface area contributed by atoms with Gasteiger partial charge in [-0.2, -0.15) is 9.97 Å². The van der Waals surface area contributed by atoms with Crippen LogP contribution >= 0.6 is 11.6 Å². The summed E-state index contributed by atoms with van der Waals surface area (Å²) in [5.74, 6) is 0. The van der Waals surface area contributed by atoms with Crippen LogP contribution in [0, 0.1) is 0 Å². The first-order chi connectivity index (χ1) is 7.63. The third kappa shape index (κ3) is 2.95. The van der Waals surface area contributed by atoms with E-state index in [9.17, 15) is 0 Å². The number of hydrogen-bond acceptors (Lipinski definition) is 5. The first-order valence-corrected chi connectivity index (χ1v) is 5.76. The van der Waals surface area contributed by atoms with E-state index in [0.717, 1.165) is 12.8 Å². The summed E-state index contributed by atoms with van der Waals surface area (Å²) in [6, 6.07) is 0.463. The Hall–Kier alpha value is -1.10. The minimum Gasteiger partial charge on any atom is -0.461 e. The minimum absolute atomic E-state index is 0.00461. The maximum atomic E-state index is 5.76. The van der Waals surface area contributed by atoms with Gasteiger partial charge in [0.1, 0.15) is 6.10 Å². The maximum absolute atomic E-state index is 5.76. The highest BCUT2D eigenvalue weighted by Gasteiger charge is 2.21. The molecule has 0 atom stereocenters. The van der Waals surface area contributed by atoms with Crippen molar-refractivity contribution in [3.05, 3.63) is 5.28 Å². The molecule has 1 aliphatic carbocycles. The fourth-order valence-electron chi connectivity index (χ4n) is 1.27. The van der Waals surface area contributed by atoms with Gasteiger partial charge in [0.05, 0.1) is 6.10 Å². The van der Waals surface area contributed by atoms with Crippen LogP contribution in [0.2, 0.25) is 5.28 Å². The molecule has 88 valence electrons. The first-order valence-electron chi connectivity index (χ1n) is 5.38. The van der Waals surface area contributed by atoms with Crippen molar-refractivity contribution in [2.75, 3.05) is 0 Å². The zero-order chi connectivity index (χ0) is 11.5. The summed E-state index contributed by atoms with van der Waals surface area (Å²) in [4.78, 5) is 11.8. The van der Waals surface area contributed by atoms with Gasteiger partial charge in [-0.1, -0.05) is 0 Å². The van der Waals surface area contributed by atoms with E-state index in [4.69, 9.17) is 21.1 Å². The van der Waals surface area contributed by atoms with E-state index < -0.39 is 0 Å². The van der Waals surface area contributed by atoms with Gasteiger partial charge in [0.2, 0.25) is 5.28 Å². The molecule has 6 heteroatoms. The lowest BCUT2D eigenvalue weighted by Crippen LogP contribution is -2.25. The van der Waals surface area contributed by atoms with Gasteiger partial charge in [-0.3, -0.25) is 0 Å². The van der Waals surface area contributed by atoms with Crippen molar-refractivity contribution in [2.45, 2.75) is 45.3 Å². The van der Waals surface area contributed by atoms with Crippen LogP contribution in [0.5, 0.6) is 12.0 Å². The van der Waals surface area contributed by atoms with Crippen LogP contribution in [0.25, 0.3) is 0 Å². The van der Waals surface area contributed by atoms with E-state index >= 15 is 0 Å². The largest absolute Gasteiger partial charge is 0.461 e. The van der Waals surface area contributed by atoms with Gasteiger partial charge < -0.3 is 9.47 Å². The average Bonchev–Trinajstić information content (AvgIpc) is 2.09. The molecule has 1 aliphatic rings.